The highest BCUT2D eigenvalue weighted by molar-refractivity contribution is 9.10. The Balaban J connectivity index is 2.20. The SMILES string of the molecule is CC(CC(=O)c1c[nH]c2cccc(Br)c12)CC(C)(C)C. The zero-order chi connectivity index (χ0) is 14.9. The summed E-state index contributed by atoms with van der Waals surface area (Å²) in [5.41, 5.74) is 2.07. The number of H-pyrrole nitrogens is 1. The first kappa shape index (κ1) is 15.3. The third-order valence-corrected chi connectivity index (χ3v) is 4.11. The molecule has 1 N–H and O–H groups in total. The molecule has 0 aliphatic heterocycles. The van der Waals surface area contributed by atoms with Crippen LogP contribution in [0, 0.1) is 11.3 Å². The van der Waals surface area contributed by atoms with E-state index in [9.17, 15) is 4.79 Å². The van der Waals surface area contributed by atoms with Crippen molar-refractivity contribution >= 4 is 32.6 Å². The summed E-state index contributed by atoms with van der Waals surface area (Å²) in [5.74, 6) is 0.620. The predicted molar refractivity (Wildman–Crippen MR) is 88.2 cm³/mol. The number of carbonyl (C=O) groups excluding carboxylic acids is 1. The molecule has 1 atom stereocenters. The maximum atomic E-state index is 12.5. The van der Waals surface area contributed by atoms with Crippen molar-refractivity contribution in [3.63, 3.8) is 0 Å². The van der Waals surface area contributed by atoms with Gasteiger partial charge in [0.2, 0.25) is 0 Å². The highest BCUT2D eigenvalue weighted by Gasteiger charge is 2.20. The van der Waals surface area contributed by atoms with E-state index in [2.05, 4.69) is 48.6 Å². The molecule has 0 spiro atoms. The fraction of sp³-hybridized carbons (Fsp3) is 0.471. The van der Waals surface area contributed by atoms with Crippen molar-refractivity contribution in [1.82, 2.24) is 4.98 Å². The molecule has 3 heteroatoms. The van der Waals surface area contributed by atoms with E-state index in [0.29, 0.717) is 12.3 Å². The Bertz CT molecular complexity index is 621. The number of Topliss-reactive ketones (excluding diaryl/α,β-unsaturated/α-hetero) is 1. The van der Waals surface area contributed by atoms with Gasteiger partial charge in [-0.05, 0) is 29.9 Å². The highest BCUT2D eigenvalue weighted by Crippen LogP contribution is 2.30. The second-order valence-corrected chi connectivity index (χ2v) is 7.72. The van der Waals surface area contributed by atoms with Gasteiger partial charge in [0.15, 0.2) is 5.78 Å². The van der Waals surface area contributed by atoms with E-state index >= 15 is 0 Å². The fourth-order valence-corrected chi connectivity index (χ4v) is 3.48. The lowest BCUT2D eigenvalue weighted by Crippen LogP contribution is -2.14. The van der Waals surface area contributed by atoms with Crippen LogP contribution in [0.15, 0.2) is 28.9 Å². The average molecular weight is 336 g/mol. The van der Waals surface area contributed by atoms with Crippen LogP contribution in [-0.2, 0) is 0 Å². The maximum absolute atomic E-state index is 12.5. The van der Waals surface area contributed by atoms with Crippen molar-refractivity contribution in [2.24, 2.45) is 11.3 Å². The molecule has 0 saturated heterocycles. The Labute approximate surface area is 129 Å². The number of halogens is 1. The molecule has 2 rings (SSSR count). The van der Waals surface area contributed by atoms with Gasteiger partial charge in [0.05, 0.1) is 0 Å². The van der Waals surface area contributed by atoms with Crippen molar-refractivity contribution in [1.29, 1.82) is 0 Å². The zero-order valence-electron chi connectivity index (χ0n) is 12.6. The first-order chi connectivity index (χ1) is 9.28. The van der Waals surface area contributed by atoms with Gasteiger partial charge in [-0.25, -0.2) is 0 Å². The molecule has 1 aromatic carbocycles. The number of hydrogen-bond donors (Lipinski definition) is 1. The number of carbonyl (C=O) groups is 1. The van der Waals surface area contributed by atoms with Crippen LogP contribution in [0.3, 0.4) is 0 Å². The Morgan fingerprint density at radius 1 is 1.35 bits per heavy atom. The number of nitrogens with one attached hydrogen (secondary N) is 1. The van der Waals surface area contributed by atoms with Crippen molar-refractivity contribution in [2.45, 2.75) is 40.5 Å². The summed E-state index contributed by atoms with van der Waals surface area (Å²) >= 11 is 3.54. The Kier molecular flexibility index (Phi) is 4.38. The minimum Gasteiger partial charge on any atom is -0.360 e. The number of rotatable bonds is 4. The van der Waals surface area contributed by atoms with E-state index in [1.807, 2.05) is 24.4 Å². The number of benzene rings is 1. The lowest BCUT2D eigenvalue weighted by molar-refractivity contribution is 0.0956. The molecule has 2 nitrogen and oxygen atoms in total. The highest BCUT2D eigenvalue weighted by atomic mass is 79.9. The Hall–Kier alpha value is -1.09. The molecule has 0 aliphatic carbocycles. The van der Waals surface area contributed by atoms with Gasteiger partial charge in [-0.1, -0.05) is 49.7 Å². The van der Waals surface area contributed by atoms with Crippen LogP contribution >= 0.6 is 15.9 Å². The van der Waals surface area contributed by atoms with Gasteiger partial charge in [0.1, 0.15) is 0 Å². The van der Waals surface area contributed by atoms with Gasteiger partial charge >= 0.3 is 0 Å². The maximum Gasteiger partial charge on any atom is 0.165 e. The summed E-state index contributed by atoms with van der Waals surface area (Å²) in [6.07, 6.45) is 3.50. The average Bonchev–Trinajstić information content (AvgIpc) is 2.71. The van der Waals surface area contributed by atoms with Gasteiger partial charge in [0.25, 0.3) is 0 Å². The largest absolute Gasteiger partial charge is 0.360 e. The lowest BCUT2D eigenvalue weighted by Gasteiger charge is -2.22. The standard InChI is InChI=1S/C17H22BrNO/c1-11(9-17(2,3)4)8-15(20)12-10-19-14-7-5-6-13(18)16(12)14/h5-7,10-11,19H,8-9H2,1-4H3. The van der Waals surface area contributed by atoms with Crippen LogP contribution < -0.4 is 0 Å². The van der Waals surface area contributed by atoms with Crippen LogP contribution in [0.2, 0.25) is 0 Å². The van der Waals surface area contributed by atoms with Crippen molar-refractivity contribution in [3.05, 3.63) is 34.4 Å². The molecule has 0 saturated carbocycles. The molecule has 1 heterocycles. The van der Waals surface area contributed by atoms with E-state index in [-0.39, 0.29) is 11.2 Å². The lowest BCUT2D eigenvalue weighted by atomic mass is 9.83. The summed E-state index contributed by atoms with van der Waals surface area (Å²) in [6.45, 7) is 8.82. The smallest absolute Gasteiger partial charge is 0.165 e. The Morgan fingerprint density at radius 2 is 2.05 bits per heavy atom. The van der Waals surface area contributed by atoms with Crippen molar-refractivity contribution < 1.29 is 4.79 Å². The van der Waals surface area contributed by atoms with Crippen molar-refractivity contribution in [3.8, 4) is 0 Å². The third kappa shape index (κ3) is 3.51. The second kappa shape index (κ2) is 5.72. The minimum absolute atomic E-state index is 0.222. The number of aromatic nitrogens is 1. The molecule has 0 aliphatic rings. The normalized spacial score (nSPS) is 13.7. The first-order valence-electron chi connectivity index (χ1n) is 7.07. The van der Waals surface area contributed by atoms with Gasteiger partial charge in [-0.15, -0.1) is 0 Å². The molecule has 0 fully saturated rings. The minimum atomic E-state index is 0.222. The molecule has 0 bridgehead atoms. The summed E-state index contributed by atoms with van der Waals surface area (Å²) in [7, 11) is 0. The van der Waals surface area contributed by atoms with E-state index in [1.54, 1.807) is 0 Å². The van der Waals surface area contributed by atoms with Gasteiger partial charge in [0, 0.05) is 33.6 Å². The second-order valence-electron chi connectivity index (χ2n) is 6.86. The quantitative estimate of drug-likeness (QED) is 0.727. The van der Waals surface area contributed by atoms with Crippen LogP contribution in [0.25, 0.3) is 10.9 Å². The summed E-state index contributed by atoms with van der Waals surface area (Å²) in [5, 5.41) is 1.00. The molecule has 2 aromatic rings. The van der Waals surface area contributed by atoms with Crippen molar-refractivity contribution in [2.75, 3.05) is 0 Å². The Morgan fingerprint density at radius 3 is 2.70 bits per heavy atom. The van der Waals surface area contributed by atoms with Crippen LogP contribution in [-0.4, -0.2) is 10.8 Å². The summed E-state index contributed by atoms with van der Waals surface area (Å²) in [4.78, 5) is 15.7. The van der Waals surface area contributed by atoms with Crippen LogP contribution in [0.1, 0.15) is 50.9 Å². The first-order valence-corrected chi connectivity index (χ1v) is 7.86. The predicted octanol–water partition coefficient (Wildman–Crippen LogP) is 5.58. The molecular weight excluding hydrogens is 314 g/mol. The fourth-order valence-electron chi connectivity index (χ4n) is 2.90. The zero-order valence-corrected chi connectivity index (χ0v) is 14.2. The molecule has 0 radical (unpaired) electrons. The van der Waals surface area contributed by atoms with E-state index < -0.39 is 0 Å². The van der Waals surface area contributed by atoms with Gasteiger partial charge in [-0.3, -0.25) is 4.79 Å². The third-order valence-electron chi connectivity index (χ3n) is 3.45. The topological polar surface area (TPSA) is 32.9 Å². The number of ketones is 1. The van der Waals surface area contributed by atoms with Gasteiger partial charge < -0.3 is 4.98 Å². The number of aromatic amines is 1. The van der Waals surface area contributed by atoms with E-state index in [1.165, 1.54) is 0 Å². The molecule has 0 amide bonds. The van der Waals surface area contributed by atoms with E-state index in [4.69, 9.17) is 0 Å². The van der Waals surface area contributed by atoms with Crippen LogP contribution in [0.4, 0.5) is 0 Å². The van der Waals surface area contributed by atoms with Crippen LogP contribution in [0.5, 0.6) is 0 Å². The molecule has 1 aromatic heterocycles. The van der Waals surface area contributed by atoms with Gasteiger partial charge in [-0.2, -0.15) is 0 Å². The summed E-state index contributed by atoms with van der Waals surface area (Å²) in [6, 6.07) is 5.94. The molecule has 20 heavy (non-hydrogen) atoms. The molecule has 108 valence electrons. The molecular formula is C17H22BrNO. The number of hydrogen-bond acceptors (Lipinski definition) is 1. The van der Waals surface area contributed by atoms with E-state index in [0.717, 1.165) is 27.4 Å². The molecule has 1 unspecified atom stereocenters. The summed E-state index contributed by atoms with van der Waals surface area (Å²) < 4.78 is 0.975. The monoisotopic (exact) mass is 335 g/mol. The number of fused-ring (bicyclic) bond motifs is 1.